The summed E-state index contributed by atoms with van der Waals surface area (Å²) in [5.74, 6) is 0.839. The Balaban J connectivity index is 1.98. The van der Waals surface area contributed by atoms with Gasteiger partial charge in [-0.25, -0.2) is 4.79 Å². The summed E-state index contributed by atoms with van der Waals surface area (Å²) in [6, 6.07) is 0. The molecule has 1 aliphatic rings. The number of quaternary nitrogens is 1. The summed E-state index contributed by atoms with van der Waals surface area (Å²) in [5.41, 5.74) is 1.98. The zero-order valence-electron chi connectivity index (χ0n) is 21.4. The minimum atomic E-state index is -0.313. The molecule has 1 amide bonds. The van der Waals surface area contributed by atoms with E-state index in [-0.39, 0.29) is 18.2 Å². The van der Waals surface area contributed by atoms with Gasteiger partial charge in [0.2, 0.25) is 6.23 Å². The van der Waals surface area contributed by atoms with Crippen molar-refractivity contribution in [1.82, 2.24) is 14.1 Å². The number of carbonyl (C=O) groups is 1. The fourth-order valence-corrected chi connectivity index (χ4v) is 5.03. The second-order valence-electron chi connectivity index (χ2n) is 9.73. The molecule has 1 aliphatic heterocycles. The van der Waals surface area contributed by atoms with Gasteiger partial charge < -0.3 is 14.8 Å². The van der Waals surface area contributed by atoms with Crippen molar-refractivity contribution in [1.29, 1.82) is 0 Å². The molecule has 0 aliphatic carbocycles. The summed E-state index contributed by atoms with van der Waals surface area (Å²) < 4.78 is 21.6. The number of alkyl carbamates (subject to hydrolysis) is 1. The largest absolute Gasteiger partial charge is 0.475 e. The Morgan fingerprint density at radius 1 is 1.12 bits per heavy atom. The van der Waals surface area contributed by atoms with Gasteiger partial charge in [-0.15, -0.1) is 4.37 Å². The number of nitrogens with zero attached hydrogens (tertiary/aromatic N) is 3. The lowest BCUT2D eigenvalue weighted by Gasteiger charge is -2.44. The van der Waals surface area contributed by atoms with E-state index < -0.39 is 0 Å². The van der Waals surface area contributed by atoms with E-state index in [2.05, 4.69) is 54.9 Å². The van der Waals surface area contributed by atoms with Gasteiger partial charge >= 0.3 is 6.09 Å². The number of nitrogens with one attached hydrogen (secondary N) is 1. The van der Waals surface area contributed by atoms with Crippen LogP contribution in [0.1, 0.15) is 91.2 Å². The Morgan fingerprint density at radius 3 is 2.55 bits per heavy atom. The van der Waals surface area contributed by atoms with Gasteiger partial charge in [-0.1, -0.05) is 72.3 Å². The fourth-order valence-electron chi connectivity index (χ4n) is 4.50. The van der Waals surface area contributed by atoms with E-state index in [9.17, 15) is 4.79 Å². The molecule has 2 heterocycles. The van der Waals surface area contributed by atoms with Crippen molar-refractivity contribution in [3.63, 3.8) is 0 Å². The molecule has 2 unspecified atom stereocenters. The van der Waals surface area contributed by atoms with Crippen molar-refractivity contribution < 1.29 is 18.8 Å². The second kappa shape index (κ2) is 14.6. The van der Waals surface area contributed by atoms with E-state index in [4.69, 9.17) is 9.47 Å². The van der Waals surface area contributed by atoms with Crippen LogP contribution in [0, 0.1) is 5.92 Å². The third-order valence-corrected chi connectivity index (χ3v) is 6.79. The maximum Gasteiger partial charge on any atom is 0.411 e. The number of likely N-dealkylation sites (N-methyl/N-ethyl adjacent to an activating group) is 1. The van der Waals surface area contributed by atoms with Gasteiger partial charge in [0.1, 0.15) is 12.2 Å². The smallest absolute Gasteiger partial charge is 0.411 e. The second-order valence-corrected chi connectivity index (χ2v) is 10.3. The minimum absolute atomic E-state index is 0.197. The van der Waals surface area contributed by atoms with E-state index in [0.717, 1.165) is 50.0 Å². The van der Waals surface area contributed by atoms with Gasteiger partial charge in [0.05, 0.1) is 31.9 Å². The molecule has 0 bridgehead atoms. The van der Waals surface area contributed by atoms with Crippen molar-refractivity contribution in [2.24, 2.45) is 5.92 Å². The molecule has 0 saturated carbocycles. The molecular weight excluding hydrogens is 436 g/mol. The molecule has 8 heteroatoms. The van der Waals surface area contributed by atoms with Crippen molar-refractivity contribution in [3.05, 3.63) is 11.8 Å². The minimum Gasteiger partial charge on any atom is -0.475 e. The van der Waals surface area contributed by atoms with Gasteiger partial charge in [0.25, 0.3) is 5.88 Å². The Kier molecular flexibility index (Phi) is 12.2. The number of ether oxygens (including phenoxy) is 2. The average molecular weight is 482 g/mol. The highest BCUT2D eigenvalue weighted by Crippen LogP contribution is 2.33. The predicted octanol–water partition coefficient (Wildman–Crippen LogP) is 6.02. The third kappa shape index (κ3) is 8.89. The van der Waals surface area contributed by atoms with Crippen molar-refractivity contribution in [3.8, 4) is 5.88 Å². The Morgan fingerprint density at radius 2 is 1.85 bits per heavy atom. The van der Waals surface area contributed by atoms with E-state index in [1.54, 1.807) is 0 Å². The van der Waals surface area contributed by atoms with Crippen molar-refractivity contribution in [2.45, 2.75) is 91.7 Å². The molecule has 188 valence electrons. The molecule has 7 nitrogen and oxygen atoms in total. The van der Waals surface area contributed by atoms with Crippen molar-refractivity contribution >= 4 is 23.4 Å². The van der Waals surface area contributed by atoms with E-state index in [1.165, 1.54) is 43.8 Å². The highest BCUT2D eigenvalue weighted by molar-refractivity contribution is 6.99. The number of amides is 1. The monoisotopic (exact) mass is 481 g/mol. The zero-order valence-corrected chi connectivity index (χ0v) is 22.2. The Hall–Kier alpha value is -1.67. The average Bonchev–Trinajstić information content (AvgIpc) is 3.25. The molecule has 1 aromatic heterocycles. The van der Waals surface area contributed by atoms with Crippen LogP contribution in [0.4, 0.5) is 4.79 Å². The van der Waals surface area contributed by atoms with Gasteiger partial charge in [-0.2, -0.15) is 4.37 Å². The normalized spacial score (nSPS) is 19.3. The van der Waals surface area contributed by atoms with Crippen LogP contribution in [0.15, 0.2) is 6.08 Å². The molecule has 1 aromatic rings. The summed E-state index contributed by atoms with van der Waals surface area (Å²) >= 11 is 1.20. The van der Waals surface area contributed by atoms with Gasteiger partial charge in [0, 0.05) is 24.5 Å². The lowest BCUT2D eigenvalue weighted by molar-refractivity contribution is -0.950. The Labute approximate surface area is 204 Å². The molecule has 0 fully saturated rings. The molecule has 2 atom stereocenters. The number of hydrogen-bond acceptors (Lipinski definition) is 6. The van der Waals surface area contributed by atoms with Crippen molar-refractivity contribution in [2.75, 3.05) is 33.3 Å². The van der Waals surface area contributed by atoms with E-state index in [1.807, 2.05) is 0 Å². The SMILES string of the molecule is CCCCCCNC(=O)OC(C(C)C)[N+]1(C)CCC=C(c2nsnc2OCCCCCC)C1. The molecule has 2 rings (SSSR count). The predicted molar refractivity (Wildman–Crippen MR) is 135 cm³/mol. The first-order valence-electron chi connectivity index (χ1n) is 12.8. The van der Waals surface area contributed by atoms with Crippen LogP contribution in [-0.4, -0.2) is 58.8 Å². The van der Waals surface area contributed by atoms with Crippen LogP contribution in [0.3, 0.4) is 0 Å². The number of aromatic nitrogens is 2. The lowest BCUT2D eigenvalue weighted by Crippen LogP contribution is -2.59. The number of hydrogen-bond donors (Lipinski definition) is 1. The summed E-state index contributed by atoms with van der Waals surface area (Å²) in [4.78, 5) is 12.5. The van der Waals surface area contributed by atoms with Crippen LogP contribution in [-0.2, 0) is 4.74 Å². The lowest BCUT2D eigenvalue weighted by atomic mass is 10.0. The number of rotatable bonds is 15. The van der Waals surface area contributed by atoms with Crippen LogP contribution >= 0.6 is 11.7 Å². The summed E-state index contributed by atoms with van der Waals surface area (Å²) in [6.45, 7) is 11.6. The third-order valence-electron chi connectivity index (χ3n) is 6.27. The molecule has 33 heavy (non-hydrogen) atoms. The van der Waals surface area contributed by atoms with Gasteiger partial charge in [0.15, 0.2) is 0 Å². The standard InChI is InChI=1S/C25H44N4O3S/c1-6-8-10-12-16-26-25(30)32-24(20(3)4)29(5)17-14-15-21(19-29)22-23(28-33-27-22)31-18-13-11-9-7-2/h15,20,24H,6-14,16-19H2,1-5H3/p+1. The highest BCUT2D eigenvalue weighted by atomic mass is 32.1. The fraction of sp³-hybridized carbons (Fsp3) is 0.800. The highest BCUT2D eigenvalue weighted by Gasteiger charge is 2.41. The molecule has 0 spiro atoms. The molecule has 1 N–H and O–H groups in total. The Bertz CT molecular complexity index is 737. The maximum absolute atomic E-state index is 12.5. The molecule has 0 saturated heterocycles. The molecule has 0 aromatic carbocycles. The first-order valence-corrected chi connectivity index (χ1v) is 13.6. The van der Waals surface area contributed by atoms with Crippen LogP contribution in [0.25, 0.3) is 5.57 Å². The van der Waals surface area contributed by atoms with E-state index in [0.29, 0.717) is 23.5 Å². The quantitative estimate of drug-likeness (QED) is 0.245. The van der Waals surface area contributed by atoms with Gasteiger partial charge in [-0.3, -0.25) is 4.48 Å². The zero-order chi connectivity index (χ0) is 24.1. The maximum atomic E-state index is 12.5. The van der Waals surface area contributed by atoms with Crippen LogP contribution in [0.2, 0.25) is 0 Å². The van der Waals surface area contributed by atoms with Crippen LogP contribution < -0.4 is 10.1 Å². The van der Waals surface area contributed by atoms with Crippen LogP contribution in [0.5, 0.6) is 5.88 Å². The first-order chi connectivity index (χ1) is 15.9. The molecular formula is C25H45N4O3S+. The topological polar surface area (TPSA) is 73.3 Å². The summed E-state index contributed by atoms with van der Waals surface area (Å²) in [6.07, 6.45) is 11.8. The summed E-state index contributed by atoms with van der Waals surface area (Å²) in [7, 11) is 2.18. The number of carbonyl (C=O) groups excluding carboxylic acids is 1. The first kappa shape index (κ1) is 27.6. The number of unbranched alkanes of at least 4 members (excludes halogenated alkanes) is 6. The van der Waals surface area contributed by atoms with Gasteiger partial charge in [-0.05, 0) is 12.8 Å². The summed E-state index contributed by atoms with van der Waals surface area (Å²) in [5, 5.41) is 2.94. The van der Waals surface area contributed by atoms with E-state index >= 15 is 0 Å². The molecule has 0 radical (unpaired) electrons.